The molecule has 0 spiro atoms. The smallest absolute Gasteiger partial charge is 0.311 e. The summed E-state index contributed by atoms with van der Waals surface area (Å²) in [7, 11) is 0. The standard InChI is InChI=1S/C19H27NO5/c1-4-6-11-25-15-8-7-14(12-16(15)24-5-2)17(21)20-10-9-19(3,13-20)18(22)23/h7-8,12H,4-6,9-11,13H2,1-3H3,(H,22,23). The molecule has 2 rings (SSSR count). The molecule has 1 unspecified atom stereocenters. The van der Waals surface area contributed by atoms with E-state index in [4.69, 9.17) is 9.47 Å². The fourth-order valence-electron chi connectivity index (χ4n) is 2.85. The molecule has 0 radical (unpaired) electrons. The van der Waals surface area contributed by atoms with Gasteiger partial charge in [-0.1, -0.05) is 13.3 Å². The SMILES string of the molecule is CCCCOc1ccc(C(=O)N2CCC(C)(C(=O)O)C2)cc1OCC. The minimum Gasteiger partial charge on any atom is -0.490 e. The molecule has 1 heterocycles. The van der Waals surface area contributed by atoms with Crippen LogP contribution >= 0.6 is 0 Å². The summed E-state index contributed by atoms with van der Waals surface area (Å²) in [5.74, 6) is 0.136. The van der Waals surface area contributed by atoms with Crippen molar-refractivity contribution >= 4 is 11.9 Å². The molecule has 1 N–H and O–H groups in total. The highest BCUT2D eigenvalue weighted by molar-refractivity contribution is 5.95. The minimum absolute atomic E-state index is 0.175. The van der Waals surface area contributed by atoms with Crippen LogP contribution in [-0.2, 0) is 4.79 Å². The predicted octanol–water partition coefficient (Wildman–Crippen LogP) is 3.20. The number of benzene rings is 1. The fraction of sp³-hybridized carbons (Fsp3) is 0.579. The highest BCUT2D eigenvalue weighted by atomic mass is 16.5. The monoisotopic (exact) mass is 349 g/mol. The van der Waals surface area contributed by atoms with Gasteiger partial charge in [0.15, 0.2) is 11.5 Å². The third-order valence-corrected chi connectivity index (χ3v) is 4.52. The third kappa shape index (κ3) is 4.44. The molecule has 25 heavy (non-hydrogen) atoms. The summed E-state index contributed by atoms with van der Waals surface area (Å²) < 4.78 is 11.3. The maximum Gasteiger partial charge on any atom is 0.311 e. The molecule has 1 aliphatic heterocycles. The third-order valence-electron chi connectivity index (χ3n) is 4.52. The number of hydrogen-bond donors (Lipinski definition) is 1. The number of aliphatic carboxylic acids is 1. The van der Waals surface area contributed by atoms with Gasteiger partial charge in [-0.2, -0.15) is 0 Å². The van der Waals surface area contributed by atoms with Crippen molar-refractivity contribution in [3.63, 3.8) is 0 Å². The lowest BCUT2D eigenvalue weighted by Crippen LogP contribution is -2.34. The zero-order valence-corrected chi connectivity index (χ0v) is 15.2. The van der Waals surface area contributed by atoms with Crippen molar-refractivity contribution < 1.29 is 24.2 Å². The highest BCUT2D eigenvalue weighted by Crippen LogP contribution is 2.33. The van der Waals surface area contributed by atoms with E-state index in [1.54, 1.807) is 30.0 Å². The predicted molar refractivity (Wildman–Crippen MR) is 94.3 cm³/mol. The Balaban J connectivity index is 2.14. The Bertz CT molecular complexity index is 630. The number of nitrogens with zero attached hydrogens (tertiary/aromatic N) is 1. The highest BCUT2D eigenvalue weighted by Gasteiger charge is 2.42. The van der Waals surface area contributed by atoms with Crippen molar-refractivity contribution in [2.45, 2.75) is 40.0 Å². The van der Waals surface area contributed by atoms with E-state index in [1.165, 1.54) is 0 Å². The van der Waals surface area contributed by atoms with Crippen molar-refractivity contribution in [2.24, 2.45) is 5.41 Å². The number of ether oxygens (including phenoxy) is 2. The molecular weight excluding hydrogens is 322 g/mol. The van der Waals surface area contributed by atoms with Crippen LogP contribution in [0.25, 0.3) is 0 Å². The number of carboxylic acid groups (broad SMARTS) is 1. The van der Waals surface area contributed by atoms with Gasteiger partial charge in [-0.05, 0) is 44.9 Å². The fourth-order valence-corrected chi connectivity index (χ4v) is 2.85. The van der Waals surface area contributed by atoms with Crippen molar-refractivity contribution in [2.75, 3.05) is 26.3 Å². The second kappa shape index (κ2) is 8.23. The summed E-state index contributed by atoms with van der Waals surface area (Å²) >= 11 is 0. The lowest BCUT2D eigenvalue weighted by molar-refractivity contribution is -0.147. The van der Waals surface area contributed by atoms with Crippen LogP contribution < -0.4 is 9.47 Å². The summed E-state index contributed by atoms with van der Waals surface area (Å²) in [6.07, 6.45) is 2.45. The van der Waals surface area contributed by atoms with Gasteiger partial charge in [-0.3, -0.25) is 9.59 Å². The number of likely N-dealkylation sites (tertiary alicyclic amines) is 1. The molecule has 1 aromatic rings. The van der Waals surface area contributed by atoms with E-state index in [1.807, 2.05) is 6.92 Å². The van der Waals surface area contributed by atoms with Gasteiger partial charge in [0.2, 0.25) is 0 Å². The molecule has 1 amide bonds. The van der Waals surface area contributed by atoms with Crippen molar-refractivity contribution in [3.05, 3.63) is 23.8 Å². The summed E-state index contributed by atoms with van der Waals surface area (Å²) in [5.41, 5.74) is -0.386. The lowest BCUT2D eigenvalue weighted by atomic mass is 9.90. The zero-order chi connectivity index (χ0) is 18.4. The van der Waals surface area contributed by atoms with E-state index >= 15 is 0 Å². The van der Waals surface area contributed by atoms with Crippen LogP contribution in [0.2, 0.25) is 0 Å². The molecule has 6 nitrogen and oxygen atoms in total. The van der Waals surface area contributed by atoms with Gasteiger partial charge in [0.05, 0.1) is 18.6 Å². The van der Waals surface area contributed by atoms with Gasteiger partial charge in [-0.15, -0.1) is 0 Å². The van der Waals surface area contributed by atoms with Crippen molar-refractivity contribution in [1.82, 2.24) is 4.90 Å². The van der Waals surface area contributed by atoms with Crippen LogP contribution in [0.15, 0.2) is 18.2 Å². The van der Waals surface area contributed by atoms with E-state index < -0.39 is 11.4 Å². The number of amides is 1. The molecule has 1 aromatic carbocycles. The molecular formula is C19H27NO5. The largest absolute Gasteiger partial charge is 0.490 e. The average molecular weight is 349 g/mol. The minimum atomic E-state index is -0.873. The Morgan fingerprint density at radius 2 is 2.00 bits per heavy atom. The zero-order valence-electron chi connectivity index (χ0n) is 15.2. The van der Waals surface area contributed by atoms with Crippen LogP contribution in [0, 0.1) is 5.41 Å². The number of carbonyl (C=O) groups is 2. The van der Waals surface area contributed by atoms with Gasteiger partial charge in [0.25, 0.3) is 5.91 Å². The number of carbonyl (C=O) groups excluding carboxylic acids is 1. The Kier molecular flexibility index (Phi) is 6.28. The van der Waals surface area contributed by atoms with Gasteiger partial charge in [-0.25, -0.2) is 0 Å². The molecule has 0 aromatic heterocycles. The number of carboxylic acids is 1. The van der Waals surface area contributed by atoms with Gasteiger partial charge in [0, 0.05) is 18.7 Å². The average Bonchev–Trinajstić information content (AvgIpc) is 3.00. The first kappa shape index (κ1) is 19.1. The maximum absolute atomic E-state index is 12.7. The first-order valence-corrected chi connectivity index (χ1v) is 8.83. The summed E-state index contributed by atoms with van der Waals surface area (Å²) in [4.78, 5) is 25.7. The number of unbranched alkanes of at least 4 members (excludes halogenated alkanes) is 1. The summed E-state index contributed by atoms with van der Waals surface area (Å²) in [6, 6.07) is 5.15. The van der Waals surface area contributed by atoms with Crippen molar-refractivity contribution in [3.8, 4) is 11.5 Å². The number of hydrogen-bond acceptors (Lipinski definition) is 4. The quantitative estimate of drug-likeness (QED) is 0.729. The van der Waals surface area contributed by atoms with Crippen LogP contribution in [0.4, 0.5) is 0 Å². The summed E-state index contributed by atoms with van der Waals surface area (Å²) in [6.45, 7) is 7.40. The van der Waals surface area contributed by atoms with Crippen LogP contribution in [-0.4, -0.2) is 48.2 Å². The van der Waals surface area contributed by atoms with Gasteiger partial charge < -0.3 is 19.5 Å². The second-order valence-electron chi connectivity index (χ2n) is 6.64. The molecule has 1 fully saturated rings. The Morgan fingerprint density at radius 1 is 1.24 bits per heavy atom. The van der Waals surface area contributed by atoms with E-state index in [2.05, 4.69) is 6.92 Å². The first-order chi connectivity index (χ1) is 11.9. The molecule has 1 aliphatic rings. The van der Waals surface area contributed by atoms with Crippen molar-refractivity contribution in [1.29, 1.82) is 0 Å². The van der Waals surface area contributed by atoms with Crippen LogP contribution in [0.3, 0.4) is 0 Å². The van der Waals surface area contributed by atoms with E-state index in [-0.39, 0.29) is 12.5 Å². The maximum atomic E-state index is 12.7. The molecule has 0 saturated carbocycles. The van der Waals surface area contributed by atoms with E-state index in [0.717, 1.165) is 12.8 Å². The van der Waals surface area contributed by atoms with Gasteiger partial charge in [0.1, 0.15) is 0 Å². The van der Waals surface area contributed by atoms with E-state index in [0.29, 0.717) is 43.2 Å². The van der Waals surface area contributed by atoms with E-state index in [9.17, 15) is 14.7 Å². The lowest BCUT2D eigenvalue weighted by Gasteiger charge is -2.21. The summed E-state index contributed by atoms with van der Waals surface area (Å²) in [5, 5.41) is 9.32. The molecule has 0 aliphatic carbocycles. The van der Waals surface area contributed by atoms with Crippen LogP contribution in [0.5, 0.6) is 11.5 Å². The molecule has 138 valence electrons. The number of rotatable bonds is 8. The Morgan fingerprint density at radius 3 is 2.60 bits per heavy atom. The molecule has 1 saturated heterocycles. The molecule has 0 bridgehead atoms. The Labute approximate surface area is 148 Å². The first-order valence-electron chi connectivity index (χ1n) is 8.83. The van der Waals surface area contributed by atoms with Crippen LogP contribution in [0.1, 0.15) is 50.4 Å². The molecule has 6 heteroatoms. The normalized spacial score (nSPS) is 19.7. The van der Waals surface area contributed by atoms with Gasteiger partial charge >= 0.3 is 5.97 Å². The molecule has 1 atom stereocenters. The second-order valence-corrected chi connectivity index (χ2v) is 6.64. The Hall–Kier alpha value is -2.24. The topological polar surface area (TPSA) is 76.1 Å².